The molecule has 130 valence electrons. The number of nitrogens with zero attached hydrogens (tertiary/aromatic N) is 1. The highest BCUT2D eigenvalue weighted by atomic mass is 16.5. The van der Waals surface area contributed by atoms with Crippen molar-refractivity contribution in [2.45, 2.75) is 13.3 Å². The second kappa shape index (κ2) is 9.22. The summed E-state index contributed by atoms with van der Waals surface area (Å²) < 4.78 is 10.1. The molecule has 1 aromatic heterocycles. The zero-order valence-electron chi connectivity index (χ0n) is 14.2. The number of carbonyl (C=O) groups excluding carboxylic acids is 2. The average molecular weight is 340 g/mol. The summed E-state index contributed by atoms with van der Waals surface area (Å²) in [4.78, 5) is 27.2. The Balaban J connectivity index is 1.90. The van der Waals surface area contributed by atoms with E-state index < -0.39 is 5.97 Å². The summed E-state index contributed by atoms with van der Waals surface area (Å²) in [5.41, 5.74) is 1.20. The summed E-state index contributed by atoms with van der Waals surface area (Å²) in [6, 6.07) is 10.5. The van der Waals surface area contributed by atoms with Crippen molar-refractivity contribution in [1.29, 1.82) is 0 Å². The summed E-state index contributed by atoms with van der Waals surface area (Å²) in [5.74, 6) is 0.366. The highest BCUT2D eigenvalue weighted by Crippen LogP contribution is 2.13. The number of esters is 1. The predicted octanol–water partition coefficient (Wildman–Crippen LogP) is 3.31. The molecule has 6 nitrogen and oxygen atoms in total. The molecule has 2 rings (SSSR count). The predicted molar refractivity (Wildman–Crippen MR) is 95.5 cm³/mol. The van der Waals surface area contributed by atoms with E-state index in [1.807, 2.05) is 31.2 Å². The van der Waals surface area contributed by atoms with Crippen molar-refractivity contribution in [1.82, 2.24) is 4.98 Å². The molecule has 1 amide bonds. The second-order valence-corrected chi connectivity index (χ2v) is 5.16. The summed E-state index contributed by atoms with van der Waals surface area (Å²) in [6.07, 6.45) is 5.41. The Labute approximate surface area is 146 Å². The van der Waals surface area contributed by atoms with Crippen molar-refractivity contribution in [2.75, 3.05) is 19.0 Å². The Morgan fingerprint density at radius 1 is 1.16 bits per heavy atom. The Kier molecular flexibility index (Phi) is 6.71. The van der Waals surface area contributed by atoms with E-state index in [1.165, 1.54) is 31.5 Å². The number of aromatic nitrogens is 1. The van der Waals surface area contributed by atoms with Crippen LogP contribution in [0.4, 0.5) is 5.82 Å². The lowest BCUT2D eigenvalue weighted by Crippen LogP contribution is -2.10. The molecule has 0 aliphatic heterocycles. The summed E-state index contributed by atoms with van der Waals surface area (Å²) in [5, 5.41) is 2.62. The summed E-state index contributed by atoms with van der Waals surface area (Å²) in [6.45, 7) is 2.73. The lowest BCUT2D eigenvalue weighted by Gasteiger charge is -2.04. The molecule has 2 aromatic rings. The maximum absolute atomic E-state index is 11.9. The zero-order valence-corrected chi connectivity index (χ0v) is 14.2. The molecule has 1 N–H and O–H groups in total. The first kappa shape index (κ1) is 18.2. The fraction of sp³-hybridized carbons (Fsp3) is 0.211. The maximum Gasteiger partial charge on any atom is 0.339 e. The van der Waals surface area contributed by atoms with Crippen LogP contribution in [0.1, 0.15) is 29.3 Å². The van der Waals surface area contributed by atoms with Gasteiger partial charge in [0, 0.05) is 12.3 Å². The molecule has 0 bridgehead atoms. The normalized spacial score (nSPS) is 10.5. The number of methoxy groups -OCH3 is 1. The molecule has 0 saturated carbocycles. The van der Waals surface area contributed by atoms with E-state index in [0.717, 1.165) is 17.7 Å². The minimum Gasteiger partial charge on any atom is -0.494 e. The Hall–Kier alpha value is -3.15. The molecule has 0 spiro atoms. The van der Waals surface area contributed by atoms with Gasteiger partial charge in [0.2, 0.25) is 5.91 Å². The van der Waals surface area contributed by atoms with Gasteiger partial charge in [-0.3, -0.25) is 4.79 Å². The second-order valence-electron chi connectivity index (χ2n) is 5.16. The SMILES string of the molecule is CCCOc1ccc(/C=C/C(=O)Nc2ccc(C(=O)OC)cn2)cc1. The first-order valence-electron chi connectivity index (χ1n) is 7.88. The van der Waals surface area contributed by atoms with Gasteiger partial charge in [-0.2, -0.15) is 0 Å². The third-order valence-electron chi connectivity index (χ3n) is 3.22. The molecule has 0 radical (unpaired) electrons. The average Bonchev–Trinajstić information content (AvgIpc) is 2.65. The van der Waals surface area contributed by atoms with E-state index in [1.54, 1.807) is 6.08 Å². The number of ether oxygens (including phenoxy) is 2. The fourth-order valence-electron chi connectivity index (χ4n) is 1.94. The van der Waals surface area contributed by atoms with Gasteiger partial charge in [-0.05, 0) is 42.3 Å². The molecule has 1 aromatic carbocycles. The third-order valence-corrected chi connectivity index (χ3v) is 3.22. The highest BCUT2D eigenvalue weighted by molar-refractivity contribution is 6.01. The van der Waals surface area contributed by atoms with Gasteiger partial charge in [0.15, 0.2) is 0 Å². The molecule has 0 aliphatic carbocycles. The molecule has 0 unspecified atom stereocenters. The van der Waals surface area contributed by atoms with Crippen LogP contribution in [0.2, 0.25) is 0 Å². The van der Waals surface area contributed by atoms with E-state index in [-0.39, 0.29) is 5.91 Å². The van der Waals surface area contributed by atoms with Gasteiger partial charge in [-0.25, -0.2) is 9.78 Å². The summed E-state index contributed by atoms with van der Waals surface area (Å²) >= 11 is 0. The molecule has 1 heterocycles. The molecule has 25 heavy (non-hydrogen) atoms. The molecule has 0 atom stereocenters. The molecule has 6 heteroatoms. The van der Waals surface area contributed by atoms with Crippen molar-refractivity contribution in [3.05, 3.63) is 59.8 Å². The van der Waals surface area contributed by atoms with Crippen LogP contribution in [0.25, 0.3) is 6.08 Å². The van der Waals surface area contributed by atoms with Gasteiger partial charge in [0.1, 0.15) is 11.6 Å². The van der Waals surface area contributed by atoms with Crippen LogP contribution in [0.5, 0.6) is 5.75 Å². The van der Waals surface area contributed by atoms with Crippen LogP contribution in [-0.2, 0) is 9.53 Å². The highest BCUT2D eigenvalue weighted by Gasteiger charge is 2.06. The van der Waals surface area contributed by atoms with Gasteiger partial charge in [-0.15, -0.1) is 0 Å². The first-order valence-corrected chi connectivity index (χ1v) is 7.88. The largest absolute Gasteiger partial charge is 0.494 e. The molecular weight excluding hydrogens is 320 g/mol. The van der Waals surface area contributed by atoms with Crippen molar-refractivity contribution in [3.63, 3.8) is 0 Å². The van der Waals surface area contributed by atoms with Crippen LogP contribution in [0, 0.1) is 0 Å². The minimum atomic E-state index is -0.475. The quantitative estimate of drug-likeness (QED) is 0.618. The monoisotopic (exact) mass is 340 g/mol. The van der Waals surface area contributed by atoms with Crippen LogP contribution in [0.15, 0.2) is 48.7 Å². The van der Waals surface area contributed by atoms with Crippen LogP contribution >= 0.6 is 0 Å². The van der Waals surface area contributed by atoms with Gasteiger partial charge in [0.25, 0.3) is 0 Å². The van der Waals surface area contributed by atoms with Crippen LogP contribution < -0.4 is 10.1 Å². The van der Waals surface area contributed by atoms with Crippen molar-refractivity contribution >= 4 is 23.8 Å². The fourth-order valence-corrected chi connectivity index (χ4v) is 1.94. The summed E-state index contributed by atoms with van der Waals surface area (Å²) in [7, 11) is 1.30. The third kappa shape index (κ3) is 5.76. The van der Waals surface area contributed by atoms with Gasteiger partial charge in [-0.1, -0.05) is 19.1 Å². The van der Waals surface area contributed by atoms with Gasteiger partial charge < -0.3 is 14.8 Å². The molecule has 0 fully saturated rings. The number of hydrogen-bond acceptors (Lipinski definition) is 5. The zero-order chi connectivity index (χ0) is 18.1. The number of benzene rings is 1. The molecular formula is C19H20N2O4. The number of amides is 1. The van der Waals surface area contributed by atoms with Gasteiger partial charge >= 0.3 is 5.97 Å². The van der Waals surface area contributed by atoms with E-state index >= 15 is 0 Å². The maximum atomic E-state index is 11.9. The molecule has 0 aliphatic rings. The van der Waals surface area contributed by atoms with E-state index in [2.05, 4.69) is 15.0 Å². The topological polar surface area (TPSA) is 77.5 Å². The number of pyridine rings is 1. The van der Waals surface area contributed by atoms with Crippen LogP contribution in [0.3, 0.4) is 0 Å². The Morgan fingerprint density at radius 3 is 2.52 bits per heavy atom. The molecule has 0 saturated heterocycles. The van der Waals surface area contributed by atoms with Gasteiger partial charge in [0.05, 0.1) is 19.3 Å². The van der Waals surface area contributed by atoms with Crippen molar-refractivity contribution < 1.29 is 19.1 Å². The number of rotatable bonds is 7. The minimum absolute atomic E-state index is 0.315. The number of nitrogens with one attached hydrogen (secondary N) is 1. The number of anilines is 1. The standard InChI is InChI=1S/C19H20N2O4/c1-3-12-25-16-8-4-14(5-9-16)6-11-18(22)21-17-10-7-15(13-20-17)19(23)24-2/h4-11,13H,3,12H2,1-2H3,(H,20,21,22)/b11-6+. The first-order chi connectivity index (χ1) is 12.1. The number of hydrogen-bond donors (Lipinski definition) is 1. The number of carbonyl (C=O) groups is 2. The van der Waals surface area contributed by atoms with E-state index in [4.69, 9.17) is 4.74 Å². The lowest BCUT2D eigenvalue weighted by atomic mass is 10.2. The van der Waals surface area contributed by atoms with Crippen molar-refractivity contribution in [2.24, 2.45) is 0 Å². The van der Waals surface area contributed by atoms with E-state index in [0.29, 0.717) is 18.0 Å². The van der Waals surface area contributed by atoms with E-state index in [9.17, 15) is 9.59 Å². The van der Waals surface area contributed by atoms with Crippen molar-refractivity contribution in [3.8, 4) is 5.75 Å². The Morgan fingerprint density at radius 2 is 1.92 bits per heavy atom. The van der Waals surface area contributed by atoms with Crippen LogP contribution in [-0.4, -0.2) is 30.6 Å². The Bertz CT molecular complexity index is 737. The smallest absolute Gasteiger partial charge is 0.339 e. The lowest BCUT2D eigenvalue weighted by molar-refractivity contribution is -0.111.